The first-order chi connectivity index (χ1) is 18.2. The number of benzene rings is 3. The Hall–Kier alpha value is -3.97. The monoisotopic (exact) mass is 512 g/mol. The first-order valence-corrected chi connectivity index (χ1v) is 13.0. The van der Waals surface area contributed by atoms with E-state index in [-0.39, 0.29) is 0 Å². The van der Waals surface area contributed by atoms with Crippen LogP contribution in [0, 0.1) is 0 Å². The van der Waals surface area contributed by atoms with Crippen molar-refractivity contribution in [1.29, 1.82) is 0 Å². The SMILES string of the molecule is CCCCCCn1c2ccccc2c2nnc(N/N=C/c3ccc(OCc4ccccc4Cl)cc3)nc21. The van der Waals surface area contributed by atoms with Crippen LogP contribution in [0.3, 0.4) is 0 Å². The molecule has 0 amide bonds. The lowest BCUT2D eigenvalue weighted by atomic mass is 10.2. The molecular weight excluding hydrogens is 484 g/mol. The number of para-hydroxylation sites is 1. The molecule has 2 aromatic heterocycles. The van der Waals surface area contributed by atoms with Crippen molar-refractivity contribution < 1.29 is 4.74 Å². The highest BCUT2D eigenvalue weighted by Gasteiger charge is 2.14. The van der Waals surface area contributed by atoms with Gasteiger partial charge in [-0.25, -0.2) is 5.43 Å². The molecule has 0 aliphatic heterocycles. The Bertz CT molecular complexity index is 1510. The predicted molar refractivity (Wildman–Crippen MR) is 150 cm³/mol. The van der Waals surface area contributed by atoms with Gasteiger partial charge in [-0.3, -0.25) is 0 Å². The highest BCUT2D eigenvalue weighted by Crippen LogP contribution is 2.27. The molecule has 8 heteroatoms. The molecule has 1 N–H and O–H groups in total. The van der Waals surface area contributed by atoms with Crippen molar-refractivity contribution in [2.24, 2.45) is 5.10 Å². The van der Waals surface area contributed by atoms with Crippen molar-refractivity contribution >= 4 is 45.8 Å². The molecule has 0 bridgehead atoms. The predicted octanol–water partition coefficient (Wildman–Crippen LogP) is 7.24. The molecule has 5 rings (SSSR count). The fourth-order valence-corrected chi connectivity index (χ4v) is 4.46. The molecule has 5 aromatic rings. The fourth-order valence-electron chi connectivity index (χ4n) is 4.27. The first kappa shape index (κ1) is 24.7. The van der Waals surface area contributed by atoms with Crippen LogP contribution >= 0.6 is 11.6 Å². The van der Waals surface area contributed by atoms with Gasteiger partial charge >= 0.3 is 0 Å². The average Bonchev–Trinajstić information content (AvgIpc) is 3.24. The molecule has 3 aromatic carbocycles. The maximum Gasteiger partial charge on any atom is 0.265 e. The summed E-state index contributed by atoms with van der Waals surface area (Å²) >= 11 is 6.20. The van der Waals surface area contributed by atoms with Crippen LogP contribution in [-0.4, -0.2) is 26.0 Å². The Labute approximate surface area is 221 Å². The Morgan fingerprint density at radius 1 is 0.946 bits per heavy atom. The van der Waals surface area contributed by atoms with E-state index in [0.29, 0.717) is 17.6 Å². The van der Waals surface area contributed by atoms with E-state index in [9.17, 15) is 0 Å². The number of rotatable bonds is 11. The summed E-state index contributed by atoms with van der Waals surface area (Å²) in [5, 5.41) is 14.8. The van der Waals surface area contributed by atoms with Gasteiger partial charge in [0, 0.05) is 22.5 Å². The zero-order valence-corrected chi connectivity index (χ0v) is 21.5. The topological polar surface area (TPSA) is 77.2 Å². The van der Waals surface area contributed by atoms with Crippen LogP contribution in [0.5, 0.6) is 5.75 Å². The third-order valence-electron chi connectivity index (χ3n) is 6.22. The summed E-state index contributed by atoms with van der Waals surface area (Å²) in [5.41, 5.74) is 7.56. The number of anilines is 1. The minimum Gasteiger partial charge on any atom is -0.489 e. The van der Waals surface area contributed by atoms with E-state index < -0.39 is 0 Å². The molecule has 0 radical (unpaired) electrons. The maximum absolute atomic E-state index is 6.20. The quantitative estimate of drug-likeness (QED) is 0.115. The number of hydrogen-bond donors (Lipinski definition) is 1. The summed E-state index contributed by atoms with van der Waals surface area (Å²) in [4.78, 5) is 4.75. The number of hydrazone groups is 1. The number of aromatic nitrogens is 4. The van der Waals surface area contributed by atoms with Crippen LogP contribution in [0.4, 0.5) is 5.95 Å². The van der Waals surface area contributed by atoms with Crippen molar-refractivity contribution in [2.75, 3.05) is 5.43 Å². The lowest BCUT2D eigenvalue weighted by Crippen LogP contribution is -2.03. The van der Waals surface area contributed by atoms with E-state index in [1.54, 1.807) is 6.21 Å². The Morgan fingerprint density at radius 2 is 1.76 bits per heavy atom. The summed E-state index contributed by atoms with van der Waals surface area (Å²) in [6, 6.07) is 23.6. The van der Waals surface area contributed by atoms with E-state index in [2.05, 4.69) is 44.3 Å². The zero-order chi connectivity index (χ0) is 25.5. The molecule has 188 valence electrons. The number of nitrogens with zero attached hydrogens (tertiary/aromatic N) is 5. The third kappa shape index (κ3) is 5.89. The van der Waals surface area contributed by atoms with Crippen LogP contribution in [0.2, 0.25) is 5.02 Å². The van der Waals surface area contributed by atoms with E-state index >= 15 is 0 Å². The normalized spacial score (nSPS) is 11.5. The number of nitrogens with one attached hydrogen (secondary N) is 1. The molecule has 0 fully saturated rings. The molecule has 2 heterocycles. The summed E-state index contributed by atoms with van der Waals surface area (Å²) in [5.74, 6) is 1.12. The van der Waals surface area contributed by atoms with Gasteiger partial charge in [0.25, 0.3) is 5.95 Å². The smallest absolute Gasteiger partial charge is 0.265 e. The molecule has 0 spiro atoms. The molecule has 0 aliphatic rings. The Kier molecular flexibility index (Phi) is 7.91. The first-order valence-electron chi connectivity index (χ1n) is 12.6. The standard InChI is InChI=1S/C29H29ClN6O/c1-2-3-4-9-18-36-26-13-8-6-11-24(26)27-28(36)32-29(35-33-27)34-31-19-21-14-16-23(17-15-21)37-20-22-10-5-7-12-25(22)30/h5-8,10-17,19H,2-4,9,18,20H2,1H3,(H,32,34,35)/b31-19+. The van der Waals surface area contributed by atoms with Gasteiger partial charge in [0.1, 0.15) is 17.9 Å². The van der Waals surface area contributed by atoms with Crippen LogP contribution in [0.15, 0.2) is 77.9 Å². The van der Waals surface area contributed by atoms with Gasteiger partial charge in [-0.05, 0) is 48.4 Å². The summed E-state index contributed by atoms with van der Waals surface area (Å²) < 4.78 is 8.09. The zero-order valence-electron chi connectivity index (χ0n) is 20.8. The van der Waals surface area contributed by atoms with Gasteiger partial charge in [0.05, 0.1) is 11.7 Å². The molecule has 0 saturated carbocycles. The average molecular weight is 513 g/mol. The molecular formula is C29H29ClN6O. The highest BCUT2D eigenvalue weighted by molar-refractivity contribution is 6.31. The minimum atomic E-state index is 0.362. The summed E-state index contributed by atoms with van der Waals surface area (Å²) in [7, 11) is 0. The minimum absolute atomic E-state index is 0.362. The van der Waals surface area contributed by atoms with Crippen LogP contribution in [0.1, 0.15) is 43.7 Å². The third-order valence-corrected chi connectivity index (χ3v) is 6.59. The van der Waals surface area contributed by atoms with E-state index in [4.69, 9.17) is 21.3 Å². The van der Waals surface area contributed by atoms with Crippen molar-refractivity contribution in [2.45, 2.75) is 45.8 Å². The lowest BCUT2D eigenvalue weighted by molar-refractivity contribution is 0.306. The molecule has 0 atom stereocenters. The number of unbranched alkanes of at least 4 members (excludes halogenated alkanes) is 3. The second-order valence-corrected chi connectivity index (χ2v) is 9.26. The Morgan fingerprint density at radius 3 is 2.59 bits per heavy atom. The Balaban J connectivity index is 1.26. The summed E-state index contributed by atoms with van der Waals surface area (Å²) in [6.45, 7) is 3.54. The van der Waals surface area contributed by atoms with Gasteiger partial charge in [0.15, 0.2) is 5.65 Å². The van der Waals surface area contributed by atoms with Gasteiger partial charge < -0.3 is 9.30 Å². The summed E-state index contributed by atoms with van der Waals surface area (Å²) in [6.07, 6.45) is 6.46. The fraction of sp³-hybridized carbons (Fsp3) is 0.241. The van der Waals surface area contributed by atoms with Gasteiger partial charge in [-0.1, -0.05) is 74.2 Å². The van der Waals surface area contributed by atoms with Crippen molar-refractivity contribution in [1.82, 2.24) is 19.7 Å². The van der Waals surface area contributed by atoms with Crippen molar-refractivity contribution in [3.8, 4) is 5.75 Å². The van der Waals surface area contributed by atoms with Crippen LogP contribution in [0.25, 0.3) is 22.1 Å². The number of hydrogen-bond acceptors (Lipinski definition) is 6. The lowest BCUT2D eigenvalue weighted by Gasteiger charge is -2.08. The highest BCUT2D eigenvalue weighted by atomic mass is 35.5. The number of halogens is 1. The van der Waals surface area contributed by atoms with E-state index in [1.807, 2.05) is 60.7 Å². The van der Waals surface area contributed by atoms with E-state index in [0.717, 1.165) is 51.9 Å². The molecule has 7 nitrogen and oxygen atoms in total. The number of aryl methyl sites for hydroxylation is 1. The molecule has 0 saturated heterocycles. The second kappa shape index (κ2) is 11.8. The second-order valence-electron chi connectivity index (χ2n) is 8.86. The maximum atomic E-state index is 6.20. The molecule has 0 aliphatic carbocycles. The number of fused-ring (bicyclic) bond motifs is 3. The van der Waals surface area contributed by atoms with Crippen molar-refractivity contribution in [3.63, 3.8) is 0 Å². The largest absolute Gasteiger partial charge is 0.489 e. The van der Waals surface area contributed by atoms with Crippen molar-refractivity contribution in [3.05, 3.63) is 88.9 Å². The molecule has 37 heavy (non-hydrogen) atoms. The molecule has 0 unspecified atom stereocenters. The van der Waals surface area contributed by atoms with Crippen LogP contribution in [-0.2, 0) is 13.2 Å². The number of ether oxygens (including phenoxy) is 1. The van der Waals surface area contributed by atoms with E-state index in [1.165, 1.54) is 19.3 Å². The van der Waals surface area contributed by atoms with Gasteiger partial charge in [-0.15, -0.1) is 10.2 Å². The van der Waals surface area contributed by atoms with Gasteiger partial charge in [0.2, 0.25) is 0 Å². The van der Waals surface area contributed by atoms with Gasteiger partial charge in [-0.2, -0.15) is 10.1 Å². The van der Waals surface area contributed by atoms with Crippen LogP contribution < -0.4 is 10.2 Å².